The normalized spacial score (nSPS) is 37.7. The van der Waals surface area contributed by atoms with Gasteiger partial charge in [0.2, 0.25) is 0 Å². The standard InChI is InChI=1S/C10H15F2NO2/c1-15-9(14)4-6-2-7-5-10(11,12)8(3-6)13-7/h6-8,13H,2-5H2,1H3/t6?,7-,8+/m1/s1. The lowest BCUT2D eigenvalue weighted by Gasteiger charge is -2.28. The van der Waals surface area contributed by atoms with Crippen molar-refractivity contribution in [1.29, 1.82) is 0 Å². The summed E-state index contributed by atoms with van der Waals surface area (Å²) in [5.74, 6) is -2.86. The van der Waals surface area contributed by atoms with Crippen LogP contribution in [0.2, 0.25) is 0 Å². The van der Waals surface area contributed by atoms with Crippen LogP contribution in [-0.2, 0) is 9.53 Å². The Labute approximate surface area is 87.2 Å². The minimum Gasteiger partial charge on any atom is -0.469 e. The number of halogens is 2. The summed E-state index contributed by atoms with van der Waals surface area (Å²) in [5, 5.41) is 2.90. The van der Waals surface area contributed by atoms with E-state index >= 15 is 0 Å². The van der Waals surface area contributed by atoms with E-state index < -0.39 is 12.0 Å². The van der Waals surface area contributed by atoms with Gasteiger partial charge in [0.15, 0.2) is 0 Å². The molecular formula is C10H15F2NO2. The summed E-state index contributed by atoms with van der Waals surface area (Å²) in [6.07, 6.45) is 1.20. The van der Waals surface area contributed by atoms with E-state index in [1.165, 1.54) is 7.11 Å². The second-order valence-electron chi connectivity index (χ2n) is 4.50. The third-order valence-electron chi connectivity index (χ3n) is 3.34. The van der Waals surface area contributed by atoms with Crippen molar-refractivity contribution >= 4 is 5.97 Å². The number of piperidine rings is 1. The lowest BCUT2D eigenvalue weighted by Crippen LogP contribution is -2.43. The van der Waals surface area contributed by atoms with Gasteiger partial charge in [-0.05, 0) is 18.8 Å². The Morgan fingerprint density at radius 3 is 2.87 bits per heavy atom. The van der Waals surface area contributed by atoms with Crippen LogP contribution in [0.4, 0.5) is 8.78 Å². The Bertz CT molecular complexity index is 270. The van der Waals surface area contributed by atoms with Gasteiger partial charge in [-0.2, -0.15) is 0 Å². The van der Waals surface area contributed by atoms with Crippen LogP contribution in [0.15, 0.2) is 0 Å². The lowest BCUT2D eigenvalue weighted by atomic mass is 9.89. The first-order valence-electron chi connectivity index (χ1n) is 5.22. The summed E-state index contributed by atoms with van der Waals surface area (Å²) >= 11 is 0. The first-order valence-corrected chi connectivity index (χ1v) is 5.22. The highest BCUT2D eigenvalue weighted by Crippen LogP contribution is 2.42. The predicted molar refractivity (Wildman–Crippen MR) is 49.6 cm³/mol. The van der Waals surface area contributed by atoms with Crippen LogP contribution < -0.4 is 5.32 Å². The second kappa shape index (κ2) is 3.70. The number of methoxy groups -OCH3 is 1. The maximum absolute atomic E-state index is 13.3. The Morgan fingerprint density at radius 1 is 1.53 bits per heavy atom. The maximum atomic E-state index is 13.3. The van der Waals surface area contributed by atoms with E-state index in [4.69, 9.17) is 0 Å². The van der Waals surface area contributed by atoms with Crippen LogP contribution in [0.3, 0.4) is 0 Å². The molecule has 0 aliphatic carbocycles. The smallest absolute Gasteiger partial charge is 0.305 e. The summed E-state index contributed by atoms with van der Waals surface area (Å²) in [6, 6.07) is -0.876. The zero-order chi connectivity index (χ0) is 11.1. The molecule has 2 aliphatic rings. The van der Waals surface area contributed by atoms with Crippen molar-refractivity contribution in [2.75, 3.05) is 7.11 Å². The molecule has 2 aliphatic heterocycles. The topological polar surface area (TPSA) is 38.3 Å². The lowest BCUT2D eigenvalue weighted by molar-refractivity contribution is -0.142. The molecule has 15 heavy (non-hydrogen) atoms. The number of hydrogen-bond acceptors (Lipinski definition) is 3. The molecule has 0 aromatic carbocycles. The number of esters is 1. The molecule has 2 saturated heterocycles. The third-order valence-corrected chi connectivity index (χ3v) is 3.34. The van der Waals surface area contributed by atoms with Crippen molar-refractivity contribution in [2.24, 2.45) is 5.92 Å². The molecule has 0 spiro atoms. The predicted octanol–water partition coefficient (Wildman–Crippen LogP) is 1.33. The van der Waals surface area contributed by atoms with Crippen LogP contribution in [-0.4, -0.2) is 31.1 Å². The van der Waals surface area contributed by atoms with Gasteiger partial charge in [-0.3, -0.25) is 4.79 Å². The summed E-state index contributed by atoms with van der Waals surface area (Å²) in [6.45, 7) is 0. The van der Waals surface area contributed by atoms with Gasteiger partial charge in [-0.15, -0.1) is 0 Å². The second-order valence-corrected chi connectivity index (χ2v) is 4.50. The van der Waals surface area contributed by atoms with Gasteiger partial charge in [0, 0.05) is 18.9 Å². The van der Waals surface area contributed by atoms with Gasteiger partial charge in [-0.1, -0.05) is 0 Å². The number of carbonyl (C=O) groups excluding carboxylic acids is 1. The molecule has 3 atom stereocenters. The molecule has 0 aromatic heterocycles. The molecular weight excluding hydrogens is 204 g/mol. The van der Waals surface area contributed by atoms with Crippen LogP contribution in [0.25, 0.3) is 0 Å². The number of rotatable bonds is 2. The van der Waals surface area contributed by atoms with Crippen molar-refractivity contribution in [3.63, 3.8) is 0 Å². The highest BCUT2D eigenvalue weighted by atomic mass is 19.3. The Hall–Kier alpha value is -0.710. The quantitative estimate of drug-likeness (QED) is 0.712. The minimum atomic E-state index is -2.60. The molecule has 0 amide bonds. The van der Waals surface area contributed by atoms with Gasteiger partial charge in [0.1, 0.15) is 0 Å². The van der Waals surface area contributed by atoms with Gasteiger partial charge in [0.05, 0.1) is 13.2 Å². The fourth-order valence-corrected chi connectivity index (χ4v) is 2.65. The van der Waals surface area contributed by atoms with E-state index in [1.54, 1.807) is 0 Å². The molecule has 3 nitrogen and oxygen atoms in total. The van der Waals surface area contributed by atoms with Crippen molar-refractivity contribution in [1.82, 2.24) is 5.32 Å². The third kappa shape index (κ3) is 2.12. The molecule has 2 fully saturated rings. The Morgan fingerprint density at radius 2 is 2.27 bits per heavy atom. The molecule has 0 saturated carbocycles. The number of hydrogen-bond donors (Lipinski definition) is 1. The molecule has 1 unspecified atom stereocenters. The van der Waals surface area contributed by atoms with Gasteiger partial charge in [0.25, 0.3) is 5.92 Å². The zero-order valence-electron chi connectivity index (χ0n) is 8.63. The molecule has 1 N–H and O–H groups in total. The Kier molecular flexibility index (Phi) is 2.66. The van der Waals surface area contributed by atoms with E-state index in [0.717, 1.165) is 0 Å². The molecule has 0 radical (unpaired) electrons. The maximum Gasteiger partial charge on any atom is 0.305 e. The number of fused-ring (bicyclic) bond motifs is 2. The monoisotopic (exact) mass is 219 g/mol. The van der Waals surface area contributed by atoms with Gasteiger partial charge in [-0.25, -0.2) is 8.78 Å². The average molecular weight is 219 g/mol. The molecule has 2 heterocycles. The number of nitrogens with one attached hydrogen (secondary N) is 1. The van der Waals surface area contributed by atoms with Crippen LogP contribution in [0.1, 0.15) is 25.7 Å². The highest BCUT2D eigenvalue weighted by molar-refractivity contribution is 5.69. The fourth-order valence-electron chi connectivity index (χ4n) is 2.65. The van der Waals surface area contributed by atoms with Crippen molar-refractivity contribution in [3.05, 3.63) is 0 Å². The molecule has 2 rings (SSSR count). The van der Waals surface area contributed by atoms with E-state index in [0.29, 0.717) is 12.8 Å². The molecule has 2 bridgehead atoms. The zero-order valence-corrected chi connectivity index (χ0v) is 8.63. The summed E-state index contributed by atoms with van der Waals surface area (Å²) in [7, 11) is 1.33. The number of ether oxygens (including phenoxy) is 1. The van der Waals surface area contributed by atoms with Crippen LogP contribution in [0, 0.1) is 5.92 Å². The van der Waals surface area contributed by atoms with E-state index in [2.05, 4.69) is 10.1 Å². The summed E-state index contributed by atoms with van der Waals surface area (Å²) in [4.78, 5) is 11.0. The van der Waals surface area contributed by atoms with Gasteiger partial charge >= 0.3 is 5.97 Å². The van der Waals surface area contributed by atoms with Gasteiger partial charge < -0.3 is 10.1 Å². The minimum absolute atomic E-state index is 0.0436. The number of carbonyl (C=O) groups is 1. The van der Waals surface area contributed by atoms with E-state index in [9.17, 15) is 13.6 Å². The highest BCUT2D eigenvalue weighted by Gasteiger charge is 2.52. The van der Waals surface area contributed by atoms with Crippen molar-refractivity contribution in [3.8, 4) is 0 Å². The fraction of sp³-hybridized carbons (Fsp3) is 0.900. The van der Waals surface area contributed by atoms with Crippen LogP contribution >= 0.6 is 0 Å². The number of alkyl halides is 2. The Balaban J connectivity index is 1.95. The average Bonchev–Trinajstić information content (AvgIpc) is 2.35. The van der Waals surface area contributed by atoms with E-state index in [1.807, 2.05) is 0 Å². The van der Waals surface area contributed by atoms with Crippen LogP contribution in [0.5, 0.6) is 0 Å². The molecule has 0 aromatic rings. The SMILES string of the molecule is COC(=O)CC1C[C@@H]2CC(F)(F)[C@H](C1)N2. The first kappa shape index (κ1) is 10.8. The molecule has 86 valence electrons. The summed E-state index contributed by atoms with van der Waals surface area (Å²) < 4.78 is 31.2. The van der Waals surface area contributed by atoms with E-state index in [-0.39, 0.29) is 30.8 Å². The van der Waals surface area contributed by atoms with Crippen molar-refractivity contribution in [2.45, 2.75) is 43.7 Å². The molecule has 5 heteroatoms. The largest absolute Gasteiger partial charge is 0.469 e. The summed E-state index contributed by atoms with van der Waals surface area (Å²) in [5.41, 5.74) is 0. The van der Waals surface area contributed by atoms with Crippen molar-refractivity contribution < 1.29 is 18.3 Å². The first-order chi connectivity index (χ1) is 7.01.